The van der Waals surface area contributed by atoms with Gasteiger partial charge in [-0.25, -0.2) is 0 Å². The summed E-state index contributed by atoms with van der Waals surface area (Å²) in [5.41, 5.74) is 0.556. The molecule has 185 valence electrons. The van der Waals surface area contributed by atoms with E-state index < -0.39 is 0 Å². The van der Waals surface area contributed by atoms with Crippen LogP contribution in [-0.2, 0) is 21.5 Å². The monoisotopic (exact) mass is 494 g/mol. The topological polar surface area (TPSA) is 167 Å². The van der Waals surface area contributed by atoms with E-state index >= 15 is 0 Å². The van der Waals surface area contributed by atoms with Gasteiger partial charge in [-0.05, 0) is 46.4 Å². The van der Waals surface area contributed by atoms with Crippen molar-refractivity contribution in [1.29, 1.82) is 0 Å². The molecule has 0 spiro atoms. The van der Waals surface area contributed by atoms with Crippen LogP contribution in [0.1, 0.15) is 34.1 Å². The largest absolute Gasteiger partial charge is 0.792 e. The van der Waals surface area contributed by atoms with Gasteiger partial charge in [-0.3, -0.25) is 4.98 Å². The van der Waals surface area contributed by atoms with Crippen molar-refractivity contribution in [2.75, 3.05) is 32.8 Å². The first-order valence-corrected chi connectivity index (χ1v) is 9.50. The molecule has 1 fully saturated rings. The molecule has 1 aromatic rings. The third-order valence-electron chi connectivity index (χ3n) is 3.74. The summed E-state index contributed by atoms with van der Waals surface area (Å²) in [4.78, 5) is 6.17. The van der Waals surface area contributed by atoms with Gasteiger partial charge in [-0.2, -0.15) is 6.42 Å². The molecule has 1 aromatic heterocycles. The van der Waals surface area contributed by atoms with Crippen LogP contribution in [0, 0.1) is 27.8 Å². The zero-order valence-electron chi connectivity index (χ0n) is 18.9. The average molecular weight is 494 g/mol. The summed E-state index contributed by atoms with van der Waals surface area (Å²) in [6, 6.07) is 5.72. The molecule has 11 nitrogen and oxygen atoms in total. The maximum absolute atomic E-state index is 9.60. The molecule has 0 unspecified atom stereocenters. The van der Waals surface area contributed by atoms with Crippen LogP contribution < -0.4 is 0 Å². The molecule has 1 radical (unpaired) electrons. The number of hydrogen-bond acceptors (Lipinski definition) is 11. The van der Waals surface area contributed by atoms with E-state index in [1.807, 2.05) is 18.2 Å². The number of hydrogen-bond donors (Lipinski definition) is 0. The fourth-order valence-corrected chi connectivity index (χ4v) is 1.63. The quantitative estimate of drug-likeness (QED) is 0.351. The Bertz CT molecular complexity index is 572. The minimum Gasteiger partial charge on any atom is -0.792 e. The van der Waals surface area contributed by atoms with Crippen molar-refractivity contribution in [3.63, 3.8) is 0 Å². The molecule has 1 saturated heterocycles. The van der Waals surface area contributed by atoms with Crippen molar-refractivity contribution in [2.24, 2.45) is 20.6 Å². The smallest absolute Gasteiger partial charge is 0.0594 e. The summed E-state index contributed by atoms with van der Waals surface area (Å²) in [6.45, 7) is 14.7. The second-order valence-electron chi connectivity index (χ2n) is 6.04. The average Bonchev–Trinajstić information content (AvgIpc) is 2.85. The predicted octanol–water partition coefficient (Wildman–Crippen LogP) is 3.43. The second kappa shape index (κ2) is 24.7. The van der Waals surface area contributed by atoms with Gasteiger partial charge in [0.05, 0.1) is 13.2 Å². The minimum atomic E-state index is 0. The number of ether oxygens (including phenoxy) is 1. The summed E-state index contributed by atoms with van der Waals surface area (Å²) >= 11 is 0. The Labute approximate surface area is 200 Å². The Hall–Kier alpha value is -2.54. The molecule has 0 atom stereocenters. The Morgan fingerprint density at radius 1 is 0.812 bits per heavy atom. The van der Waals surface area contributed by atoms with Gasteiger partial charge in [0.15, 0.2) is 0 Å². The van der Waals surface area contributed by atoms with E-state index in [1.54, 1.807) is 12.4 Å². The third-order valence-corrected chi connectivity index (χ3v) is 3.74. The SMILES string of the molecule is CC(=N\[O-])/C(C)=N/[O-].CC(=N\[O-])/C(C)=N/[O-].[CH2-]CCN1CCOCC1.[Co].c1ccncc1. The number of morpholine rings is 1. The third kappa shape index (κ3) is 20.7. The molecular weight excluding hydrogens is 463 g/mol. The zero-order chi connectivity index (χ0) is 23.9. The summed E-state index contributed by atoms with van der Waals surface area (Å²) in [5.74, 6) is 0. The first-order chi connectivity index (χ1) is 14.9. The van der Waals surface area contributed by atoms with Gasteiger partial charge in [0.1, 0.15) is 0 Å². The van der Waals surface area contributed by atoms with Crippen LogP contribution in [-0.4, -0.2) is 65.6 Å². The van der Waals surface area contributed by atoms with E-state index in [0.717, 1.165) is 39.3 Å². The maximum Gasteiger partial charge on any atom is 0.0594 e. The molecule has 0 amide bonds. The maximum atomic E-state index is 9.60. The van der Waals surface area contributed by atoms with Gasteiger partial charge < -0.3 is 58.0 Å². The number of aromatic nitrogens is 1. The minimum absolute atomic E-state index is 0. The molecule has 0 bridgehead atoms. The molecule has 0 saturated carbocycles. The Balaban J connectivity index is -0.000000350. The first kappa shape index (κ1) is 34.1. The summed E-state index contributed by atoms with van der Waals surface area (Å²) in [7, 11) is 0. The molecular formula is C20H31CoN6O5-5. The van der Waals surface area contributed by atoms with Gasteiger partial charge in [0.2, 0.25) is 0 Å². The Kier molecular flexibility index (Phi) is 26.3. The summed E-state index contributed by atoms with van der Waals surface area (Å²) in [6.07, 6.45) is 4.51. The second-order valence-corrected chi connectivity index (χ2v) is 6.04. The molecule has 0 aliphatic carbocycles. The van der Waals surface area contributed by atoms with Crippen molar-refractivity contribution >= 4 is 22.8 Å². The predicted molar refractivity (Wildman–Crippen MR) is 127 cm³/mol. The zero-order valence-corrected chi connectivity index (χ0v) is 19.9. The van der Waals surface area contributed by atoms with Gasteiger partial charge >= 0.3 is 0 Å². The van der Waals surface area contributed by atoms with Crippen LogP contribution in [0.5, 0.6) is 0 Å². The first-order valence-electron chi connectivity index (χ1n) is 9.50. The van der Waals surface area contributed by atoms with Crippen LogP contribution in [0.4, 0.5) is 0 Å². The van der Waals surface area contributed by atoms with Crippen LogP contribution in [0.3, 0.4) is 0 Å². The fraction of sp³-hybridized carbons (Fsp3) is 0.500. The van der Waals surface area contributed by atoms with Crippen molar-refractivity contribution in [3.8, 4) is 0 Å². The summed E-state index contributed by atoms with van der Waals surface area (Å²) < 4.78 is 5.18. The standard InChI is InChI=1S/C7H14NO.C5H5N.2C4H8N2O2.Co/c1-2-3-8-4-6-9-7-5-8;1-2-4-6-5-3-1;2*1-3(5-7)4(2)6-8;/h1-7H2;1-5H;2*7-8H,1-2H3;/q-1;;;;/p-4/b;;2*5-3+,6-4+;. The van der Waals surface area contributed by atoms with Crippen LogP contribution in [0.25, 0.3) is 0 Å². The molecule has 2 heterocycles. The van der Waals surface area contributed by atoms with Crippen LogP contribution in [0.2, 0.25) is 0 Å². The van der Waals surface area contributed by atoms with E-state index in [4.69, 9.17) is 4.74 Å². The van der Waals surface area contributed by atoms with Crippen molar-refractivity contribution in [2.45, 2.75) is 34.1 Å². The molecule has 1 aliphatic rings. The molecule has 1 aliphatic heterocycles. The van der Waals surface area contributed by atoms with E-state index in [2.05, 4.69) is 37.4 Å². The van der Waals surface area contributed by atoms with Gasteiger partial charge in [-0.1, -0.05) is 6.07 Å². The van der Waals surface area contributed by atoms with Gasteiger partial charge in [0.25, 0.3) is 0 Å². The Morgan fingerprint density at radius 2 is 1.19 bits per heavy atom. The molecule has 32 heavy (non-hydrogen) atoms. The molecule has 12 heteroatoms. The fourth-order valence-electron chi connectivity index (χ4n) is 1.63. The van der Waals surface area contributed by atoms with Crippen LogP contribution >= 0.6 is 0 Å². The van der Waals surface area contributed by atoms with Gasteiger partial charge in [0, 0.05) is 65.1 Å². The Morgan fingerprint density at radius 3 is 1.41 bits per heavy atom. The van der Waals surface area contributed by atoms with E-state index in [1.165, 1.54) is 27.7 Å². The number of rotatable bonds is 4. The molecule has 2 rings (SSSR count). The van der Waals surface area contributed by atoms with Gasteiger partial charge in [-0.15, -0.1) is 0 Å². The molecule has 0 aromatic carbocycles. The normalized spacial score (nSPS) is 14.9. The number of nitrogens with zero attached hydrogens (tertiary/aromatic N) is 6. The van der Waals surface area contributed by atoms with E-state index in [-0.39, 0.29) is 39.6 Å². The van der Waals surface area contributed by atoms with Crippen molar-refractivity contribution in [3.05, 3.63) is 58.3 Å². The van der Waals surface area contributed by atoms with E-state index in [9.17, 15) is 20.8 Å². The van der Waals surface area contributed by atoms with Crippen LogP contribution in [0.15, 0.2) is 51.2 Å². The summed E-state index contributed by atoms with van der Waals surface area (Å²) in [5, 5.41) is 48.4. The number of pyridine rings is 1. The van der Waals surface area contributed by atoms with Crippen molar-refractivity contribution in [1.82, 2.24) is 9.88 Å². The van der Waals surface area contributed by atoms with Crippen molar-refractivity contribution < 1.29 is 21.5 Å². The molecule has 0 N–H and O–H groups in total. The van der Waals surface area contributed by atoms with E-state index in [0.29, 0.717) is 0 Å².